The monoisotopic (exact) mass is 429 g/mol. The van der Waals surface area contributed by atoms with Crippen LogP contribution in [-0.2, 0) is 4.74 Å². The van der Waals surface area contributed by atoms with Crippen LogP contribution in [0.3, 0.4) is 0 Å². The summed E-state index contributed by atoms with van der Waals surface area (Å²) in [7, 11) is 6.32. The molecule has 0 aliphatic carbocycles. The molecule has 4 rings (SSSR count). The van der Waals surface area contributed by atoms with Crippen molar-refractivity contribution in [1.29, 1.82) is 0 Å². The zero-order chi connectivity index (χ0) is 21.3. The van der Waals surface area contributed by atoms with E-state index in [4.69, 9.17) is 23.9 Å². The number of anilines is 1. The maximum Gasteiger partial charge on any atom is 0.200 e. The first-order chi connectivity index (χ1) is 14.6. The summed E-state index contributed by atoms with van der Waals surface area (Å²) >= 11 is 1.57. The Kier molecular flexibility index (Phi) is 5.56. The van der Waals surface area contributed by atoms with Crippen LogP contribution in [-0.4, -0.2) is 56.1 Å². The highest BCUT2D eigenvalue weighted by molar-refractivity contribution is 7.23. The van der Waals surface area contributed by atoms with Gasteiger partial charge in [0.25, 0.3) is 0 Å². The number of phenolic OH excluding ortho intramolecular Hbond substituents is 1. The highest BCUT2D eigenvalue weighted by Gasteiger charge is 2.21. The molecular formula is C21H23N3O5S. The molecule has 0 saturated heterocycles. The van der Waals surface area contributed by atoms with Crippen LogP contribution in [0.2, 0.25) is 0 Å². The van der Waals surface area contributed by atoms with Crippen LogP contribution in [0.15, 0.2) is 30.3 Å². The van der Waals surface area contributed by atoms with E-state index in [1.54, 1.807) is 37.7 Å². The first-order valence-electron chi connectivity index (χ1n) is 9.28. The highest BCUT2D eigenvalue weighted by atomic mass is 32.1. The Morgan fingerprint density at radius 2 is 1.77 bits per heavy atom. The van der Waals surface area contributed by atoms with Crippen LogP contribution >= 0.6 is 11.3 Å². The lowest BCUT2D eigenvalue weighted by Gasteiger charge is -2.12. The minimum Gasteiger partial charge on any atom is -0.502 e. The molecule has 2 aromatic heterocycles. The molecule has 0 unspecified atom stereocenters. The molecule has 0 aliphatic rings. The molecule has 0 amide bonds. The van der Waals surface area contributed by atoms with Crippen molar-refractivity contribution in [3.8, 4) is 34.3 Å². The fourth-order valence-electron chi connectivity index (χ4n) is 3.34. The quantitative estimate of drug-likeness (QED) is 0.409. The standard InChI is InChI=1S/C21H23N3O5S/c1-26-8-7-22-20-18(12-9-15(28-3)19(25)16(10-12)29-4)23-21-24(20)14-6-5-13(27-2)11-17(14)30-21/h5-6,9-11,22,25H,7-8H2,1-4H3. The fraction of sp³-hybridized carbons (Fsp3) is 0.286. The van der Waals surface area contributed by atoms with E-state index in [-0.39, 0.29) is 5.75 Å². The second-order valence-corrected chi connectivity index (χ2v) is 7.52. The number of aromatic hydroxyl groups is 1. The number of aromatic nitrogens is 2. The number of nitrogens with zero attached hydrogens (tertiary/aromatic N) is 2. The van der Waals surface area contributed by atoms with Gasteiger partial charge < -0.3 is 29.4 Å². The summed E-state index contributed by atoms with van der Waals surface area (Å²) in [5.74, 6) is 2.22. The van der Waals surface area contributed by atoms with Gasteiger partial charge in [-0.1, -0.05) is 11.3 Å². The van der Waals surface area contributed by atoms with Gasteiger partial charge in [-0.25, -0.2) is 4.98 Å². The van der Waals surface area contributed by atoms with Crippen molar-refractivity contribution in [3.63, 3.8) is 0 Å². The van der Waals surface area contributed by atoms with E-state index in [2.05, 4.69) is 9.72 Å². The Balaban J connectivity index is 1.94. The van der Waals surface area contributed by atoms with Crippen molar-refractivity contribution in [2.75, 3.05) is 46.9 Å². The maximum absolute atomic E-state index is 10.3. The summed E-state index contributed by atoms with van der Waals surface area (Å²) in [4.78, 5) is 5.71. The van der Waals surface area contributed by atoms with E-state index in [0.717, 1.165) is 38.0 Å². The Hall–Kier alpha value is -3.17. The van der Waals surface area contributed by atoms with E-state index in [1.807, 2.05) is 18.2 Å². The third-order valence-corrected chi connectivity index (χ3v) is 5.81. The molecule has 158 valence electrons. The second-order valence-electron chi connectivity index (χ2n) is 6.51. The second kappa shape index (κ2) is 8.29. The van der Waals surface area contributed by atoms with E-state index in [9.17, 15) is 5.11 Å². The van der Waals surface area contributed by atoms with Gasteiger partial charge in [0.1, 0.15) is 17.3 Å². The third kappa shape index (κ3) is 3.35. The Labute approximate surface area is 177 Å². The van der Waals surface area contributed by atoms with Crippen LogP contribution in [0, 0.1) is 0 Å². The summed E-state index contributed by atoms with van der Waals surface area (Å²) in [5, 5.41) is 13.7. The summed E-state index contributed by atoms with van der Waals surface area (Å²) in [6.07, 6.45) is 0. The highest BCUT2D eigenvalue weighted by Crippen LogP contribution is 2.43. The van der Waals surface area contributed by atoms with Crippen molar-refractivity contribution in [1.82, 2.24) is 9.38 Å². The Bertz CT molecular complexity index is 1180. The van der Waals surface area contributed by atoms with Crippen molar-refractivity contribution in [3.05, 3.63) is 30.3 Å². The molecule has 2 N–H and O–H groups in total. The average Bonchev–Trinajstić information content (AvgIpc) is 3.29. The van der Waals surface area contributed by atoms with Crippen molar-refractivity contribution < 1.29 is 24.1 Å². The molecule has 30 heavy (non-hydrogen) atoms. The predicted octanol–water partition coefficient (Wildman–Crippen LogP) is 4.01. The summed E-state index contributed by atoms with van der Waals surface area (Å²) < 4.78 is 24.4. The number of benzene rings is 2. The molecular weight excluding hydrogens is 406 g/mol. The molecule has 0 spiro atoms. The van der Waals surface area contributed by atoms with Crippen molar-refractivity contribution in [2.24, 2.45) is 0 Å². The zero-order valence-electron chi connectivity index (χ0n) is 17.2. The Morgan fingerprint density at radius 3 is 2.40 bits per heavy atom. The van der Waals surface area contributed by atoms with Gasteiger partial charge in [-0.3, -0.25) is 4.40 Å². The van der Waals surface area contributed by atoms with E-state index in [1.165, 1.54) is 14.2 Å². The molecule has 0 radical (unpaired) electrons. The molecule has 4 aromatic rings. The number of hydrogen-bond acceptors (Lipinski definition) is 8. The molecule has 8 nitrogen and oxygen atoms in total. The van der Waals surface area contributed by atoms with Gasteiger partial charge in [-0.05, 0) is 30.3 Å². The topological polar surface area (TPSA) is 86.5 Å². The lowest BCUT2D eigenvalue weighted by atomic mass is 10.1. The molecule has 0 saturated carbocycles. The van der Waals surface area contributed by atoms with Crippen molar-refractivity contribution >= 4 is 32.3 Å². The number of hydrogen-bond donors (Lipinski definition) is 2. The molecule has 0 atom stereocenters. The lowest BCUT2D eigenvalue weighted by molar-refractivity contribution is 0.210. The van der Waals surface area contributed by atoms with Crippen LogP contribution in [0.4, 0.5) is 5.82 Å². The van der Waals surface area contributed by atoms with Gasteiger partial charge >= 0.3 is 0 Å². The van der Waals surface area contributed by atoms with Gasteiger partial charge in [0.15, 0.2) is 16.5 Å². The average molecular weight is 429 g/mol. The lowest BCUT2D eigenvalue weighted by Crippen LogP contribution is -2.10. The van der Waals surface area contributed by atoms with Gasteiger partial charge in [-0.2, -0.15) is 0 Å². The molecule has 2 heterocycles. The molecule has 9 heteroatoms. The third-order valence-electron chi connectivity index (χ3n) is 4.81. The minimum atomic E-state index is -0.0452. The normalized spacial score (nSPS) is 11.2. The van der Waals surface area contributed by atoms with Crippen LogP contribution in [0.5, 0.6) is 23.0 Å². The van der Waals surface area contributed by atoms with E-state index in [0.29, 0.717) is 24.7 Å². The number of imidazole rings is 1. The molecule has 0 bridgehead atoms. The van der Waals surface area contributed by atoms with Gasteiger partial charge in [0, 0.05) is 19.2 Å². The molecule has 2 aromatic carbocycles. The van der Waals surface area contributed by atoms with Gasteiger partial charge in [-0.15, -0.1) is 0 Å². The first-order valence-corrected chi connectivity index (χ1v) is 10.1. The largest absolute Gasteiger partial charge is 0.502 e. The van der Waals surface area contributed by atoms with Gasteiger partial charge in [0.05, 0.1) is 38.2 Å². The number of fused-ring (bicyclic) bond motifs is 3. The molecule has 0 aliphatic heterocycles. The zero-order valence-corrected chi connectivity index (χ0v) is 18.0. The smallest absolute Gasteiger partial charge is 0.200 e. The number of nitrogens with one attached hydrogen (secondary N) is 1. The van der Waals surface area contributed by atoms with Crippen LogP contribution in [0.25, 0.3) is 26.4 Å². The van der Waals surface area contributed by atoms with E-state index < -0.39 is 0 Å². The van der Waals surface area contributed by atoms with E-state index >= 15 is 0 Å². The maximum atomic E-state index is 10.3. The summed E-state index contributed by atoms with van der Waals surface area (Å²) in [6.45, 7) is 1.15. The predicted molar refractivity (Wildman–Crippen MR) is 118 cm³/mol. The van der Waals surface area contributed by atoms with Gasteiger partial charge in [0.2, 0.25) is 5.75 Å². The molecule has 0 fully saturated rings. The fourth-order valence-corrected chi connectivity index (χ4v) is 4.40. The number of ether oxygens (including phenoxy) is 4. The van der Waals surface area contributed by atoms with Crippen LogP contribution in [0.1, 0.15) is 0 Å². The number of rotatable bonds is 8. The van der Waals surface area contributed by atoms with Crippen molar-refractivity contribution in [2.45, 2.75) is 0 Å². The number of phenols is 1. The Morgan fingerprint density at radius 1 is 1.03 bits per heavy atom. The summed E-state index contributed by atoms with van der Waals surface area (Å²) in [5.41, 5.74) is 2.51. The minimum absolute atomic E-state index is 0.0452. The SMILES string of the molecule is COCCNc1c(-c2cc(OC)c(O)c(OC)c2)nc2sc3cc(OC)ccc3n12. The number of thiazole rings is 1. The first kappa shape index (κ1) is 20.1. The van der Waals surface area contributed by atoms with Crippen LogP contribution < -0.4 is 19.5 Å². The number of methoxy groups -OCH3 is 4. The summed E-state index contributed by atoms with van der Waals surface area (Å²) in [6, 6.07) is 9.44.